The summed E-state index contributed by atoms with van der Waals surface area (Å²) in [6.45, 7) is 0. The monoisotopic (exact) mass is 479 g/mol. The number of furan rings is 1. The van der Waals surface area contributed by atoms with Gasteiger partial charge in [-0.1, -0.05) is 11.6 Å². The highest BCUT2D eigenvalue weighted by Gasteiger charge is 2.61. The van der Waals surface area contributed by atoms with Gasteiger partial charge in [-0.25, -0.2) is 9.96 Å². The Labute approximate surface area is 198 Å². The fourth-order valence-electron chi connectivity index (χ4n) is 5.00. The minimum absolute atomic E-state index is 0.377. The van der Waals surface area contributed by atoms with Crippen molar-refractivity contribution in [3.8, 4) is 6.07 Å². The van der Waals surface area contributed by atoms with Gasteiger partial charge in [0, 0.05) is 9.90 Å². The molecule has 3 aliphatic rings. The highest BCUT2D eigenvalue weighted by molar-refractivity contribution is 7.17. The molecule has 0 radical (unpaired) electrons. The van der Waals surface area contributed by atoms with Crippen LogP contribution >= 0.6 is 22.9 Å². The van der Waals surface area contributed by atoms with Gasteiger partial charge in [-0.15, -0.1) is 11.3 Å². The van der Waals surface area contributed by atoms with E-state index in [2.05, 4.69) is 6.07 Å². The van der Waals surface area contributed by atoms with Gasteiger partial charge in [-0.2, -0.15) is 5.26 Å². The molecule has 9 heteroatoms. The molecule has 3 aromatic rings. The van der Waals surface area contributed by atoms with Gasteiger partial charge in [0.2, 0.25) is 5.91 Å². The zero-order valence-electron chi connectivity index (χ0n) is 17.4. The van der Waals surface area contributed by atoms with Gasteiger partial charge in [0.15, 0.2) is 6.10 Å². The van der Waals surface area contributed by atoms with Crippen LogP contribution in [0.3, 0.4) is 0 Å². The molecule has 0 unspecified atom stereocenters. The van der Waals surface area contributed by atoms with E-state index in [-0.39, 0.29) is 5.91 Å². The first-order valence-electron chi connectivity index (χ1n) is 10.8. The number of carbonyl (C=O) groups excluding carboxylic acids is 2. The van der Waals surface area contributed by atoms with Crippen LogP contribution in [0.2, 0.25) is 5.02 Å². The zero-order chi connectivity index (χ0) is 22.7. The Bertz CT molecular complexity index is 1290. The molecule has 1 aromatic carbocycles. The molecule has 2 saturated heterocycles. The number of halogens is 1. The van der Waals surface area contributed by atoms with Crippen molar-refractivity contribution in [3.05, 3.63) is 69.4 Å². The molecule has 3 atom stereocenters. The predicted octanol–water partition coefficient (Wildman–Crippen LogP) is 4.80. The van der Waals surface area contributed by atoms with Crippen LogP contribution in [0.15, 0.2) is 47.1 Å². The Kier molecular flexibility index (Phi) is 4.80. The van der Waals surface area contributed by atoms with Crippen LogP contribution in [0.4, 0.5) is 10.7 Å². The van der Waals surface area contributed by atoms with Crippen LogP contribution in [0.1, 0.15) is 40.6 Å². The van der Waals surface area contributed by atoms with Crippen molar-refractivity contribution in [2.24, 2.45) is 5.92 Å². The Hall–Kier alpha value is -3.12. The average Bonchev–Trinajstić information content (AvgIpc) is 3.58. The number of fused-ring (bicyclic) bond motifs is 2. The van der Waals surface area contributed by atoms with Crippen molar-refractivity contribution in [2.75, 3.05) is 9.96 Å². The summed E-state index contributed by atoms with van der Waals surface area (Å²) in [5, 5.41) is 12.4. The topological polar surface area (TPSA) is 86.8 Å². The Morgan fingerprint density at radius 1 is 1.09 bits per heavy atom. The zero-order valence-corrected chi connectivity index (χ0v) is 18.9. The first-order valence-corrected chi connectivity index (χ1v) is 12.0. The number of hydrogen-bond acceptors (Lipinski definition) is 7. The summed E-state index contributed by atoms with van der Waals surface area (Å²) in [6, 6.07) is 12.1. The SMILES string of the molecule is N#Cc1c(N2C(=O)[C@H]3[C@H](ON(c4ccc(Cl)cc4)[C@@H]3c3ccco3)C2=O)sc2c1CCCC2. The fourth-order valence-corrected chi connectivity index (χ4v) is 6.47. The molecule has 0 saturated carbocycles. The van der Waals surface area contributed by atoms with E-state index in [4.69, 9.17) is 20.9 Å². The molecule has 4 heterocycles. The summed E-state index contributed by atoms with van der Waals surface area (Å²) in [5.41, 5.74) is 2.08. The van der Waals surface area contributed by atoms with Crippen LogP contribution in [-0.2, 0) is 27.3 Å². The number of rotatable bonds is 3. The lowest BCUT2D eigenvalue weighted by Crippen LogP contribution is -2.37. The summed E-state index contributed by atoms with van der Waals surface area (Å²) >= 11 is 7.42. The number of hydrogen-bond donors (Lipinski definition) is 0. The van der Waals surface area contributed by atoms with Gasteiger partial charge in [0.1, 0.15) is 28.8 Å². The number of nitriles is 1. The molecular formula is C24H18ClN3O4S. The van der Waals surface area contributed by atoms with E-state index in [1.807, 2.05) is 0 Å². The van der Waals surface area contributed by atoms with Gasteiger partial charge < -0.3 is 4.42 Å². The number of nitrogens with zero attached hydrogens (tertiary/aromatic N) is 3. The Morgan fingerprint density at radius 2 is 1.88 bits per heavy atom. The lowest BCUT2D eigenvalue weighted by Gasteiger charge is -2.27. The van der Waals surface area contributed by atoms with E-state index in [0.29, 0.717) is 27.0 Å². The van der Waals surface area contributed by atoms with Crippen LogP contribution in [0, 0.1) is 17.2 Å². The van der Waals surface area contributed by atoms with E-state index in [1.165, 1.54) is 22.5 Å². The smallest absolute Gasteiger partial charge is 0.267 e. The molecule has 2 amide bonds. The quantitative estimate of drug-likeness (QED) is 0.502. The third kappa shape index (κ3) is 3.04. The molecule has 7 nitrogen and oxygen atoms in total. The number of carbonyl (C=O) groups is 2. The fraction of sp³-hybridized carbons (Fsp3) is 0.292. The van der Waals surface area contributed by atoms with Gasteiger partial charge >= 0.3 is 0 Å². The largest absolute Gasteiger partial charge is 0.467 e. The van der Waals surface area contributed by atoms with Crippen molar-refractivity contribution in [2.45, 2.75) is 37.8 Å². The predicted molar refractivity (Wildman–Crippen MR) is 122 cm³/mol. The van der Waals surface area contributed by atoms with E-state index >= 15 is 0 Å². The molecule has 1 aliphatic carbocycles. The first-order chi connectivity index (χ1) is 16.1. The molecule has 2 aliphatic heterocycles. The molecule has 2 fully saturated rings. The minimum Gasteiger partial charge on any atom is -0.467 e. The second kappa shape index (κ2) is 7.73. The third-order valence-electron chi connectivity index (χ3n) is 6.50. The van der Waals surface area contributed by atoms with Gasteiger partial charge in [-0.3, -0.25) is 14.4 Å². The van der Waals surface area contributed by atoms with Crippen molar-refractivity contribution < 1.29 is 18.8 Å². The normalized spacial score (nSPS) is 24.2. The molecule has 33 heavy (non-hydrogen) atoms. The average molecular weight is 480 g/mol. The third-order valence-corrected chi connectivity index (χ3v) is 8.03. The maximum Gasteiger partial charge on any atom is 0.267 e. The van der Waals surface area contributed by atoms with Crippen LogP contribution in [0.5, 0.6) is 0 Å². The molecule has 0 bridgehead atoms. The maximum absolute atomic E-state index is 13.7. The Balaban J connectivity index is 1.42. The van der Waals surface area contributed by atoms with Crippen LogP contribution in [0.25, 0.3) is 0 Å². The van der Waals surface area contributed by atoms with E-state index in [9.17, 15) is 14.9 Å². The van der Waals surface area contributed by atoms with Crippen molar-refractivity contribution >= 4 is 45.4 Å². The number of thiophene rings is 1. The number of anilines is 2. The molecule has 166 valence electrons. The molecule has 0 spiro atoms. The van der Waals surface area contributed by atoms with Crippen molar-refractivity contribution in [1.29, 1.82) is 5.26 Å². The number of aryl methyl sites for hydroxylation is 1. The second-order valence-electron chi connectivity index (χ2n) is 8.33. The summed E-state index contributed by atoms with van der Waals surface area (Å²) in [6.07, 6.45) is 4.24. The molecule has 0 N–H and O–H groups in total. The van der Waals surface area contributed by atoms with Crippen molar-refractivity contribution in [1.82, 2.24) is 0 Å². The summed E-state index contributed by atoms with van der Waals surface area (Å²) in [5.74, 6) is -1.11. The molecule has 2 aromatic heterocycles. The molecular weight excluding hydrogens is 462 g/mol. The summed E-state index contributed by atoms with van der Waals surface area (Å²) < 4.78 is 5.66. The lowest BCUT2D eigenvalue weighted by atomic mass is 9.94. The summed E-state index contributed by atoms with van der Waals surface area (Å²) in [7, 11) is 0. The molecule has 6 rings (SSSR count). The van der Waals surface area contributed by atoms with Crippen LogP contribution < -0.4 is 9.96 Å². The standard InChI is InChI=1S/C24H18ClN3O4S/c25-13-7-9-14(10-8-13)28-20(17-5-3-11-31-17)19-21(32-28)23(30)27(22(19)29)24-16(12-26)15-4-1-2-6-18(15)33-24/h3,5,7-11,19-21H,1-2,4,6H2/t19-,20-,21+/m1/s1. The maximum atomic E-state index is 13.7. The van der Waals surface area contributed by atoms with E-state index in [1.54, 1.807) is 41.5 Å². The first kappa shape index (κ1) is 20.5. The Morgan fingerprint density at radius 3 is 2.61 bits per heavy atom. The lowest BCUT2D eigenvalue weighted by molar-refractivity contribution is -0.126. The number of imide groups is 1. The summed E-state index contributed by atoms with van der Waals surface area (Å²) in [4.78, 5) is 35.6. The van der Waals surface area contributed by atoms with Crippen LogP contribution in [-0.4, -0.2) is 17.9 Å². The van der Waals surface area contributed by atoms with Gasteiger partial charge in [-0.05, 0) is 67.6 Å². The number of amides is 2. The minimum atomic E-state index is -1.01. The van der Waals surface area contributed by atoms with E-state index in [0.717, 1.165) is 36.1 Å². The number of benzene rings is 1. The van der Waals surface area contributed by atoms with Crippen molar-refractivity contribution in [3.63, 3.8) is 0 Å². The van der Waals surface area contributed by atoms with Gasteiger partial charge in [0.05, 0.1) is 17.5 Å². The second-order valence-corrected chi connectivity index (χ2v) is 9.85. The number of hydroxylamine groups is 1. The van der Waals surface area contributed by atoms with E-state index < -0.39 is 24.0 Å². The highest BCUT2D eigenvalue weighted by Crippen LogP contribution is 2.50. The highest BCUT2D eigenvalue weighted by atomic mass is 35.5. The van der Waals surface area contributed by atoms with Gasteiger partial charge in [0.25, 0.3) is 5.91 Å².